The lowest BCUT2D eigenvalue weighted by Crippen LogP contribution is -2.32. The van der Waals surface area contributed by atoms with E-state index in [1.165, 1.54) is 5.56 Å². The van der Waals surface area contributed by atoms with Crippen LogP contribution in [0.25, 0.3) is 0 Å². The van der Waals surface area contributed by atoms with Crippen molar-refractivity contribution in [1.82, 2.24) is 4.90 Å². The van der Waals surface area contributed by atoms with E-state index in [1.54, 1.807) is 6.92 Å². The van der Waals surface area contributed by atoms with E-state index >= 15 is 0 Å². The summed E-state index contributed by atoms with van der Waals surface area (Å²) in [5.74, 6) is 0.0933. The zero-order valence-electron chi connectivity index (χ0n) is 10.8. The molecule has 0 amide bonds. The Morgan fingerprint density at radius 2 is 1.94 bits per heavy atom. The van der Waals surface area contributed by atoms with Gasteiger partial charge in [0.15, 0.2) is 5.78 Å². The van der Waals surface area contributed by atoms with E-state index in [2.05, 4.69) is 6.92 Å². The molecule has 0 radical (unpaired) electrons. The van der Waals surface area contributed by atoms with E-state index in [4.69, 9.17) is 0 Å². The summed E-state index contributed by atoms with van der Waals surface area (Å²) in [5.41, 5.74) is 1.97. The first-order chi connectivity index (χ1) is 8.02. The Labute approximate surface area is 103 Å². The number of benzene rings is 1. The van der Waals surface area contributed by atoms with Crippen molar-refractivity contribution in [2.24, 2.45) is 0 Å². The number of Topliss-reactive ketones (excluding diaryl/α,β-unsaturated/α-hetero) is 1. The minimum atomic E-state index is -0.407. The summed E-state index contributed by atoms with van der Waals surface area (Å²) in [6.07, 6.45) is 0.575. The Morgan fingerprint density at radius 3 is 2.41 bits per heavy atom. The molecule has 3 nitrogen and oxygen atoms in total. The topological polar surface area (TPSA) is 40.5 Å². The average molecular weight is 235 g/mol. The monoisotopic (exact) mass is 235 g/mol. The first kappa shape index (κ1) is 13.9. The summed E-state index contributed by atoms with van der Waals surface area (Å²) >= 11 is 0. The average Bonchev–Trinajstić information content (AvgIpc) is 2.28. The van der Waals surface area contributed by atoms with Crippen molar-refractivity contribution >= 4 is 5.78 Å². The number of carbonyl (C=O) groups is 1. The Kier molecular flexibility index (Phi) is 5.32. The van der Waals surface area contributed by atoms with Crippen molar-refractivity contribution in [3.63, 3.8) is 0 Å². The smallest absolute Gasteiger partial charge is 0.176 e. The number of likely N-dealkylation sites (N-methyl/N-ethyl adjacent to an activating group) is 1. The van der Waals surface area contributed by atoms with E-state index in [1.807, 2.05) is 36.2 Å². The van der Waals surface area contributed by atoms with Gasteiger partial charge in [0.25, 0.3) is 0 Å². The second-order valence-corrected chi connectivity index (χ2v) is 4.52. The lowest BCUT2D eigenvalue weighted by atomic mass is 10.1. The van der Waals surface area contributed by atoms with Crippen molar-refractivity contribution in [2.75, 3.05) is 20.1 Å². The van der Waals surface area contributed by atoms with Gasteiger partial charge >= 0.3 is 0 Å². The molecule has 1 aromatic carbocycles. The number of hydrogen-bond donors (Lipinski definition) is 1. The quantitative estimate of drug-likeness (QED) is 0.764. The van der Waals surface area contributed by atoms with Crippen LogP contribution in [0.4, 0.5) is 0 Å². The third-order valence-electron chi connectivity index (χ3n) is 2.67. The second kappa shape index (κ2) is 6.52. The van der Waals surface area contributed by atoms with Crippen LogP contribution in [-0.4, -0.2) is 42.0 Å². The molecule has 1 atom stereocenters. The molecule has 0 bridgehead atoms. The van der Waals surface area contributed by atoms with Crippen molar-refractivity contribution in [1.29, 1.82) is 0 Å². The third-order valence-corrected chi connectivity index (χ3v) is 2.67. The molecule has 1 unspecified atom stereocenters. The zero-order chi connectivity index (χ0) is 12.8. The van der Waals surface area contributed by atoms with Crippen LogP contribution in [0.5, 0.6) is 0 Å². The van der Waals surface area contributed by atoms with Gasteiger partial charge < -0.3 is 5.11 Å². The molecule has 0 spiro atoms. The predicted molar refractivity (Wildman–Crippen MR) is 69.3 cm³/mol. The fourth-order valence-corrected chi connectivity index (χ4v) is 1.78. The highest BCUT2D eigenvalue weighted by molar-refractivity contribution is 5.97. The molecule has 0 saturated heterocycles. The normalized spacial score (nSPS) is 12.8. The molecule has 94 valence electrons. The van der Waals surface area contributed by atoms with Crippen LogP contribution < -0.4 is 0 Å². The molecule has 1 N–H and O–H groups in total. The highest BCUT2D eigenvalue weighted by Crippen LogP contribution is 2.06. The van der Waals surface area contributed by atoms with Gasteiger partial charge in [-0.25, -0.2) is 0 Å². The molecule has 0 heterocycles. The Hall–Kier alpha value is -1.19. The van der Waals surface area contributed by atoms with Crippen LogP contribution in [0.1, 0.15) is 29.8 Å². The van der Waals surface area contributed by atoms with Gasteiger partial charge in [-0.15, -0.1) is 0 Å². The number of nitrogens with zero attached hydrogens (tertiary/aromatic N) is 1. The van der Waals surface area contributed by atoms with E-state index in [0.717, 1.165) is 12.0 Å². The molecule has 17 heavy (non-hydrogen) atoms. The number of aliphatic hydroxyl groups is 1. The van der Waals surface area contributed by atoms with E-state index in [9.17, 15) is 9.90 Å². The molecule has 3 heteroatoms. The fourth-order valence-electron chi connectivity index (χ4n) is 1.78. The Bertz CT molecular complexity index is 357. The van der Waals surface area contributed by atoms with Crippen LogP contribution >= 0.6 is 0 Å². The van der Waals surface area contributed by atoms with Gasteiger partial charge in [0.2, 0.25) is 0 Å². The van der Waals surface area contributed by atoms with Gasteiger partial charge in [-0.1, -0.05) is 31.2 Å². The van der Waals surface area contributed by atoms with Gasteiger partial charge in [-0.05, 0) is 26.0 Å². The highest BCUT2D eigenvalue weighted by Gasteiger charge is 2.10. The summed E-state index contributed by atoms with van der Waals surface area (Å²) in [5, 5.41) is 9.22. The molecule has 0 fully saturated rings. The van der Waals surface area contributed by atoms with Crippen molar-refractivity contribution in [3.05, 3.63) is 35.4 Å². The van der Waals surface area contributed by atoms with E-state index in [-0.39, 0.29) is 5.78 Å². The molecule has 0 aliphatic heterocycles. The standard InChI is InChI=1S/C14H21NO2/c1-4-12-5-7-13(8-6-12)14(17)10-15(3)9-11(2)16/h5-8,11,16H,4,9-10H2,1-3H3. The molecular weight excluding hydrogens is 214 g/mol. The van der Waals surface area contributed by atoms with Gasteiger partial charge in [0, 0.05) is 12.1 Å². The second-order valence-electron chi connectivity index (χ2n) is 4.52. The lowest BCUT2D eigenvalue weighted by molar-refractivity contribution is 0.0901. The highest BCUT2D eigenvalue weighted by atomic mass is 16.3. The van der Waals surface area contributed by atoms with Crippen LogP contribution in [0.3, 0.4) is 0 Å². The minimum Gasteiger partial charge on any atom is -0.392 e. The first-order valence-electron chi connectivity index (χ1n) is 6.01. The number of ketones is 1. The maximum absolute atomic E-state index is 11.9. The van der Waals surface area contributed by atoms with Gasteiger partial charge in [0.1, 0.15) is 0 Å². The molecule has 1 aromatic rings. The zero-order valence-corrected chi connectivity index (χ0v) is 10.8. The predicted octanol–water partition coefficient (Wildman–Crippen LogP) is 1.74. The molecule has 0 aliphatic carbocycles. The van der Waals surface area contributed by atoms with Crippen LogP contribution in [0, 0.1) is 0 Å². The van der Waals surface area contributed by atoms with Crippen LogP contribution in [-0.2, 0) is 6.42 Å². The van der Waals surface area contributed by atoms with Crippen molar-refractivity contribution < 1.29 is 9.90 Å². The van der Waals surface area contributed by atoms with Gasteiger partial charge in [-0.3, -0.25) is 9.69 Å². The van der Waals surface area contributed by atoms with Gasteiger partial charge in [0.05, 0.1) is 12.6 Å². The maximum atomic E-state index is 11.9. The molecule has 0 aromatic heterocycles. The summed E-state index contributed by atoms with van der Waals surface area (Å²) < 4.78 is 0. The van der Waals surface area contributed by atoms with Crippen LogP contribution in [0.15, 0.2) is 24.3 Å². The maximum Gasteiger partial charge on any atom is 0.176 e. The van der Waals surface area contributed by atoms with E-state index < -0.39 is 6.10 Å². The molecule has 0 saturated carbocycles. The number of rotatable bonds is 6. The lowest BCUT2D eigenvalue weighted by Gasteiger charge is -2.17. The summed E-state index contributed by atoms with van der Waals surface area (Å²) in [4.78, 5) is 13.7. The Balaban J connectivity index is 2.57. The number of hydrogen-bond acceptors (Lipinski definition) is 3. The van der Waals surface area contributed by atoms with Crippen molar-refractivity contribution in [2.45, 2.75) is 26.4 Å². The van der Waals surface area contributed by atoms with Crippen molar-refractivity contribution in [3.8, 4) is 0 Å². The molecule has 0 aliphatic rings. The third kappa shape index (κ3) is 4.67. The van der Waals surface area contributed by atoms with Gasteiger partial charge in [-0.2, -0.15) is 0 Å². The SMILES string of the molecule is CCc1ccc(C(=O)CN(C)CC(C)O)cc1. The summed E-state index contributed by atoms with van der Waals surface area (Å²) in [6.45, 7) is 4.67. The largest absolute Gasteiger partial charge is 0.392 e. The Morgan fingerprint density at radius 1 is 1.35 bits per heavy atom. The number of aliphatic hydroxyl groups excluding tert-OH is 1. The fraction of sp³-hybridized carbons (Fsp3) is 0.500. The minimum absolute atomic E-state index is 0.0933. The first-order valence-corrected chi connectivity index (χ1v) is 6.01. The number of carbonyl (C=O) groups excluding carboxylic acids is 1. The number of aryl methyl sites for hydroxylation is 1. The molecule has 1 rings (SSSR count). The van der Waals surface area contributed by atoms with Crippen LogP contribution in [0.2, 0.25) is 0 Å². The molecular formula is C14H21NO2. The summed E-state index contributed by atoms with van der Waals surface area (Å²) in [7, 11) is 1.84. The van der Waals surface area contributed by atoms with E-state index in [0.29, 0.717) is 13.1 Å². The summed E-state index contributed by atoms with van der Waals surface area (Å²) in [6, 6.07) is 7.72.